The minimum absolute atomic E-state index is 0.678. The maximum absolute atomic E-state index is 5.64. The molecule has 3 aromatic rings. The van der Waals surface area contributed by atoms with Crippen molar-refractivity contribution in [1.29, 1.82) is 0 Å². The summed E-state index contributed by atoms with van der Waals surface area (Å²) in [6.07, 6.45) is 2.92. The van der Waals surface area contributed by atoms with E-state index in [0.29, 0.717) is 12.3 Å². The van der Waals surface area contributed by atoms with E-state index >= 15 is 0 Å². The summed E-state index contributed by atoms with van der Waals surface area (Å²) < 4.78 is 16.2. The molecule has 0 radical (unpaired) electrons. The van der Waals surface area contributed by atoms with E-state index in [2.05, 4.69) is 27.5 Å². The molecule has 30 heavy (non-hydrogen) atoms. The summed E-state index contributed by atoms with van der Waals surface area (Å²) in [5.41, 5.74) is 3.44. The first-order valence-corrected chi connectivity index (χ1v) is 10.4. The van der Waals surface area contributed by atoms with Crippen molar-refractivity contribution in [2.45, 2.75) is 19.9 Å². The molecule has 2 N–H and O–H groups in total. The number of H-pyrrole nitrogens is 1. The third kappa shape index (κ3) is 4.97. The van der Waals surface area contributed by atoms with Crippen molar-refractivity contribution >= 4 is 28.2 Å². The highest BCUT2D eigenvalue weighted by atomic mass is 32.1. The Morgan fingerprint density at radius 1 is 1.03 bits per heavy atom. The highest BCUT2D eigenvalue weighted by Crippen LogP contribution is 2.28. The van der Waals surface area contributed by atoms with Gasteiger partial charge in [0.15, 0.2) is 16.6 Å². The topological polar surface area (TPSA) is 58.8 Å². The van der Waals surface area contributed by atoms with Crippen LogP contribution in [-0.2, 0) is 13.0 Å². The van der Waals surface area contributed by atoms with Gasteiger partial charge in [-0.05, 0) is 67.0 Å². The second-order valence-electron chi connectivity index (χ2n) is 6.92. The lowest BCUT2D eigenvalue weighted by Crippen LogP contribution is -2.40. The monoisotopic (exact) mass is 427 g/mol. The van der Waals surface area contributed by atoms with Gasteiger partial charge in [-0.15, -0.1) is 0 Å². The molecule has 0 saturated heterocycles. The second-order valence-corrected chi connectivity index (χ2v) is 7.31. The SMILES string of the molecule is CCNC(=S)N(CCc1c[nH]c2ccc(OC)cc12)Cc1ccc(OC)c(OC)c1. The standard InChI is InChI=1S/C23H29N3O3S/c1-5-24-23(30)26(15-16-6-9-21(28-3)22(12-16)29-4)11-10-17-14-25-20-8-7-18(27-2)13-19(17)20/h6-9,12-14,25H,5,10-11,15H2,1-4H3,(H,24,30). The van der Waals surface area contributed by atoms with Crippen LogP contribution in [0, 0.1) is 0 Å². The Morgan fingerprint density at radius 3 is 2.53 bits per heavy atom. The van der Waals surface area contributed by atoms with Gasteiger partial charge >= 0.3 is 0 Å². The van der Waals surface area contributed by atoms with Crippen LogP contribution in [0.5, 0.6) is 17.2 Å². The van der Waals surface area contributed by atoms with E-state index in [1.54, 1.807) is 21.3 Å². The fraction of sp³-hybridized carbons (Fsp3) is 0.348. The molecule has 0 aliphatic rings. The van der Waals surface area contributed by atoms with Crippen molar-refractivity contribution in [2.24, 2.45) is 0 Å². The third-order valence-electron chi connectivity index (χ3n) is 5.06. The van der Waals surface area contributed by atoms with Gasteiger partial charge in [0.2, 0.25) is 0 Å². The number of rotatable bonds is 9. The predicted octanol–water partition coefficient (Wildman–Crippen LogP) is 4.13. The molecule has 0 saturated carbocycles. The fourth-order valence-corrected chi connectivity index (χ4v) is 3.76. The summed E-state index contributed by atoms with van der Waals surface area (Å²) in [5.74, 6) is 2.29. The second kappa shape index (κ2) is 10.2. The number of aromatic amines is 1. The lowest BCUT2D eigenvalue weighted by Gasteiger charge is -2.26. The smallest absolute Gasteiger partial charge is 0.169 e. The zero-order valence-corrected chi connectivity index (χ0v) is 18.8. The molecule has 0 aliphatic carbocycles. The summed E-state index contributed by atoms with van der Waals surface area (Å²) in [7, 11) is 4.97. The summed E-state index contributed by atoms with van der Waals surface area (Å²) in [6.45, 7) is 4.29. The molecule has 6 nitrogen and oxygen atoms in total. The Bertz CT molecular complexity index is 1000. The van der Waals surface area contributed by atoms with E-state index < -0.39 is 0 Å². The van der Waals surface area contributed by atoms with E-state index in [-0.39, 0.29) is 0 Å². The van der Waals surface area contributed by atoms with Crippen LogP contribution in [0.3, 0.4) is 0 Å². The summed E-state index contributed by atoms with van der Waals surface area (Å²) in [5, 5.41) is 5.19. The van der Waals surface area contributed by atoms with Crippen LogP contribution in [0.2, 0.25) is 0 Å². The van der Waals surface area contributed by atoms with Crippen molar-refractivity contribution in [2.75, 3.05) is 34.4 Å². The lowest BCUT2D eigenvalue weighted by molar-refractivity contribution is 0.352. The van der Waals surface area contributed by atoms with Crippen molar-refractivity contribution in [3.63, 3.8) is 0 Å². The van der Waals surface area contributed by atoms with Crippen LogP contribution in [0.15, 0.2) is 42.6 Å². The molecule has 0 amide bonds. The molecular formula is C23H29N3O3S. The first-order valence-electron chi connectivity index (χ1n) is 9.97. The van der Waals surface area contributed by atoms with Crippen LogP contribution < -0.4 is 19.5 Å². The van der Waals surface area contributed by atoms with Crippen LogP contribution in [0.1, 0.15) is 18.1 Å². The maximum atomic E-state index is 5.64. The van der Waals surface area contributed by atoms with Gasteiger partial charge in [-0.1, -0.05) is 6.07 Å². The molecule has 0 spiro atoms. The molecule has 7 heteroatoms. The zero-order chi connectivity index (χ0) is 21.5. The molecule has 0 fully saturated rings. The average Bonchev–Trinajstić information content (AvgIpc) is 3.18. The number of fused-ring (bicyclic) bond motifs is 1. The van der Waals surface area contributed by atoms with Crippen LogP contribution in [-0.4, -0.2) is 49.4 Å². The Morgan fingerprint density at radius 2 is 1.83 bits per heavy atom. The van der Waals surface area contributed by atoms with E-state index in [1.807, 2.05) is 37.3 Å². The van der Waals surface area contributed by atoms with Crippen LogP contribution in [0.25, 0.3) is 10.9 Å². The van der Waals surface area contributed by atoms with Crippen molar-refractivity contribution < 1.29 is 14.2 Å². The molecule has 0 atom stereocenters. The van der Waals surface area contributed by atoms with E-state index in [1.165, 1.54) is 10.9 Å². The maximum Gasteiger partial charge on any atom is 0.169 e. The van der Waals surface area contributed by atoms with Crippen molar-refractivity contribution in [1.82, 2.24) is 15.2 Å². The number of aromatic nitrogens is 1. The fourth-order valence-electron chi connectivity index (χ4n) is 3.46. The van der Waals surface area contributed by atoms with Gasteiger partial charge in [0, 0.05) is 36.7 Å². The molecule has 160 valence electrons. The molecule has 0 bridgehead atoms. The van der Waals surface area contributed by atoms with Crippen molar-refractivity contribution in [3.05, 3.63) is 53.7 Å². The molecule has 0 unspecified atom stereocenters. The highest BCUT2D eigenvalue weighted by molar-refractivity contribution is 7.80. The van der Waals surface area contributed by atoms with Gasteiger partial charge in [0.1, 0.15) is 5.75 Å². The Hall–Kier alpha value is -2.93. The van der Waals surface area contributed by atoms with Gasteiger partial charge in [0.05, 0.1) is 21.3 Å². The molecule has 1 aromatic heterocycles. The van der Waals surface area contributed by atoms with Gasteiger partial charge < -0.3 is 29.4 Å². The highest BCUT2D eigenvalue weighted by Gasteiger charge is 2.14. The van der Waals surface area contributed by atoms with Gasteiger partial charge in [0.25, 0.3) is 0 Å². The molecule has 0 aliphatic heterocycles. The Kier molecular flexibility index (Phi) is 7.41. The lowest BCUT2D eigenvalue weighted by atomic mass is 10.1. The first-order chi connectivity index (χ1) is 14.6. The first kappa shape index (κ1) is 21.8. The third-order valence-corrected chi connectivity index (χ3v) is 5.46. The summed E-state index contributed by atoms with van der Waals surface area (Å²) in [4.78, 5) is 5.52. The summed E-state index contributed by atoms with van der Waals surface area (Å²) >= 11 is 5.64. The summed E-state index contributed by atoms with van der Waals surface area (Å²) in [6, 6.07) is 12.0. The minimum atomic E-state index is 0.678. The number of thiocarbonyl (C=S) groups is 1. The number of nitrogens with zero attached hydrogens (tertiary/aromatic N) is 1. The normalized spacial score (nSPS) is 10.7. The van der Waals surface area contributed by atoms with Crippen LogP contribution >= 0.6 is 12.2 Å². The molecule has 3 rings (SSSR count). The minimum Gasteiger partial charge on any atom is -0.497 e. The van der Waals surface area contributed by atoms with E-state index in [0.717, 1.165) is 47.2 Å². The number of methoxy groups -OCH3 is 3. The number of nitrogens with one attached hydrogen (secondary N) is 2. The van der Waals surface area contributed by atoms with Crippen LogP contribution in [0.4, 0.5) is 0 Å². The average molecular weight is 428 g/mol. The molecular weight excluding hydrogens is 398 g/mol. The van der Waals surface area contributed by atoms with Crippen molar-refractivity contribution in [3.8, 4) is 17.2 Å². The zero-order valence-electron chi connectivity index (χ0n) is 18.0. The quantitative estimate of drug-likeness (QED) is 0.501. The van der Waals surface area contributed by atoms with E-state index in [9.17, 15) is 0 Å². The Balaban J connectivity index is 1.79. The largest absolute Gasteiger partial charge is 0.497 e. The van der Waals surface area contributed by atoms with Gasteiger partial charge in [-0.25, -0.2) is 0 Å². The predicted molar refractivity (Wildman–Crippen MR) is 125 cm³/mol. The van der Waals surface area contributed by atoms with Gasteiger partial charge in [-0.3, -0.25) is 0 Å². The number of hydrogen-bond acceptors (Lipinski definition) is 4. The number of ether oxygens (including phenoxy) is 3. The van der Waals surface area contributed by atoms with Gasteiger partial charge in [-0.2, -0.15) is 0 Å². The number of benzene rings is 2. The number of hydrogen-bond donors (Lipinski definition) is 2. The molecule has 2 aromatic carbocycles. The molecule has 1 heterocycles. The Labute approximate surface area is 183 Å². The van der Waals surface area contributed by atoms with E-state index in [4.69, 9.17) is 26.4 Å².